The van der Waals surface area contributed by atoms with Gasteiger partial charge in [-0.1, -0.05) is 0 Å². The van der Waals surface area contributed by atoms with Crippen LogP contribution in [0.15, 0.2) is 25.0 Å². The number of rotatable bonds is 6. The molecule has 2 rings (SSSR count). The predicted octanol–water partition coefficient (Wildman–Crippen LogP) is -0.0210. The monoisotopic (exact) mass is 264 g/mol. The van der Waals surface area contributed by atoms with Crippen molar-refractivity contribution < 1.29 is 4.92 Å². The molecule has 10 heteroatoms. The Labute approximate surface area is 107 Å². The summed E-state index contributed by atoms with van der Waals surface area (Å²) in [4.78, 5) is 21.8. The zero-order valence-electron chi connectivity index (χ0n) is 9.85. The van der Waals surface area contributed by atoms with E-state index in [1.807, 2.05) is 4.57 Å². The number of nitrogens with one attached hydrogen (secondary N) is 2. The number of nitrogen functional groups attached to an aromatic ring is 1. The lowest BCUT2D eigenvalue weighted by Gasteiger charge is -2.08. The molecule has 10 nitrogen and oxygen atoms in total. The van der Waals surface area contributed by atoms with Crippen LogP contribution in [0.3, 0.4) is 0 Å². The van der Waals surface area contributed by atoms with Gasteiger partial charge in [0.05, 0.1) is 11.3 Å². The number of aromatic nitrogens is 4. The summed E-state index contributed by atoms with van der Waals surface area (Å²) < 4.78 is 1.84. The van der Waals surface area contributed by atoms with E-state index in [0.717, 1.165) is 0 Å². The number of nitrogens with two attached hydrogens (primary N) is 1. The average Bonchev–Trinajstić information content (AvgIpc) is 2.91. The van der Waals surface area contributed by atoms with Gasteiger partial charge in [0.15, 0.2) is 0 Å². The van der Waals surface area contributed by atoms with Gasteiger partial charge in [-0.3, -0.25) is 10.1 Å². The zero-order chi connectivity index (χ0) is 13.7. The van der Waals surface area contributed by atoms with E-state index in [4.69, 9.17) is 5.84 Å². The third-order valence-electron chi connectivity index (χ3n) is 2.36. The van der Waals surface area contributed by atoms with E-state index >= 15 is 0 Å². The molecule has 0 amide bonds. The molecule has 2 aromatic heterocycles. The third-order valence-corrected chi connectivity index (χ3v) is 2.36. The Balaban J connectivity index is 2.09. The fourth-order valence-corrected chi connectivity index (χ4v) is 1.51. The Morgan fingerprint density at radius 2 is 2.21 bits per heavy atom. The lowest BCUT2D eigenvalue weighted by molar-refractivity contribution is -0.383. The predicted molar refractivity (Wildman–Crippen MR) is 67.2 cm³/mol. The molecule has 2 heterocycles. The van der Waals surface area contributed by atoms with Gasteiger partial charge >= 0.3 is 5.69 Å². The van der Waals surface area contributed by atoms with Crippen molar-refractivity contribution in [3.8, 4) is 0 Å². The van der Waals surface area contributed by atoms with Crippen LogP contribution in [0.25, 0.3) is 0 Å². The number of hydrogen-bond acceptors (Lipinski definition) is 8. The minimum absolute atomic E-state index is 0.0369. The minimum atomic E-state index is -0.589. The number of hydrazine groups is 1. The zero-order valence-corrected chi connectivity index (χ0v) is 9.85. The van der Waals surface area contributed by atoms with Gasteiger partial charge < -0.3 is 15.3 Å². The molecule has 0 bridgehead atoms. The van der Waals surface area contributed by atoms with Gasteiger partial charge in [-0.05, 0) is 0 Å². The molecule has 0 fully saturated rings. The molecular formula is C9H12N8O2. The topological polar surface area (TPSA) is 137 Å². The first-order chi connectivity index (χ1) is 9.22. The molecule has 0 aromatic carbocycles. The number of anilines is 2. The van der Waals surface area contributed by atoms with Crippen LogP contribution in [0.5, 0.6) is 0 Å². The Morgan fingerprint density at radius 3 is 2.84 bits per heavy atom. The molecule has 100 valence electrons. The Kier molecular flexibility index (Phi) is 3.83. The summed E-state index contributed by atoms with van der Waals surface area (Å²) in [6.45, 7) is 1.06. The maximum Gasteiger partial charge on any atom is 0.354 e. The van der Waals surface area contributed by atoms with Gasteiger partial charge in [-0.2, -0.15) is 0 Å². The quantitative estimate of drug-likeness (QED) is 0.376. The highest BCUT2D eigenvalue weighted by Crippen LogP contribution is 2.27. The van der Waals surface area contributed by atoms with Gasteiger partial charge in [0.1, 0.15) is 6.33 Å². The number of nitrogens with zero attached hydrogens (tertiary/aromatic N) is 5. The summed E-state index contributed by atoms with van der Waals surface area (Å²) in [7, 11) is 0. The Morgan fingerprint density at radius 1 is 1.42 bits per heavy atom. The summed E-state index contributed by atoms with van der Waals surface area (Å²) in [5, 5.41) is 13.8. The molecule has 0 saturated carbocycles. The van der Waals surface area contributed by atoms with Gasteiger partial charge in [0.25, 0.3) is 0 Å². The molecule has 0 aliphatic heterocycles. The van der Waals surface area contributed by atoms with Crippen LogP contribution in [0.1, 0.15) is 0 Å². The Bertz CT molecular complexity index is 555. The van der Waals surface area contributed by atoms with E-state index in [9.17, 15) is 10.1 Å². The van der Waals surface area contributed by atoms with Crippen molar-refractivity contribution in [2.24, 2.45) is 5.84 Å². The standard InChI is InChI=1S/C9H12N8O2/c10-15-9-7(17(18)19)8(13-5-14-9)12-2-4-16-3-1-11-6-16/h1,3,5-6H,2,4,10H2,(H2,12,13,14,15). The second-order valence-electron chi connectivity index (χ2n) is 3.55. The second-order valence-corrected chi connectivity index (χ2v) is 3.55. The molecule has 2 aromatic rings. The lowest BCUT2D eigenvalue weighted by atomic mass is 10.4. The summed E-state index contributed by atoms with van der Waals surface area (Å²) in [6, 6.07) is 0. The summed E-state index contributed by atoms with van der Waals surface area (Å²) in [5.74, 6) is 5.26. The first kappa shape index (κ1) is 12.7. The number of hydrogen-bond donors (Lipinski definition) is 3. The highest BCUT2D eigenvalue weighted by atomic mass is 16.6. The van der Waals surface area contributed by atoms with E-state index in [1.165, 1.54) is 6.33 Å². The first-order valence-electron chi connectivity index (χ1n) is 5.38. The van der Waals surface area contributed by atoms with E-state index in [0.29, 0.717) is 13.1 Å². The molecule has 0 unspecified atom stereocenters. The van der Waals surface area contributed by atoms with Crippen LogP contribution in [-0.4, -0.2) is 31.0 Å². The molecule has 0 spiro atoms. The van der Waals surface area contributed by atoms with Crippen molar-refractivity contribution >= 4 is 17.3 Å². The van der Waals surface area contributed by atoms with Crippen LogP contribution in [0.2, 0.25) is 0 Å². The van der Waals surface area contributed by atoms with Crippen molar-refractivity contribution in [2.45, 2.75) is 6.54 Å². The van der Waals surface area contributed by atoms with Gasteiger partial charge in [-0.25, -0.2) is 20.8 Å². The minimum Gasteiger partial charge on any atom is -0.362 e. The van der Waals surface area contributed by atoms with Crippen molar-refractivity contribution in [2.75, 3.05) is 17.3 Å². The molecule has 0 atom stereocenters. The van der Waals surface area contributed by atoms with E-state index in [-0.39, 0.29) is 17.3 Å². The van der Waals surface area contributed by atoms with E-state index in [1.54, 1.807) is 18.7 Å². The highest BCUT2D eigenvalue weighted by Gasteiger charge is 2.21. The number of imidazole rings is 1. The van der Waals surface area contributed by atoms with Crippen molar-refractivity contribution in [1.82, 2.24) is 19.5 Å². The molecule has 0 aliphatic rings. The SMILES string of the molecule is NNc1ncnc(NCCn2ccnc2)c1[N+](=O)[O-]. The lowest BCUT2D eigenvalue weighted by Crippen LogP contribution is -2.15. The van der Waals surface area contributed by atoms with Gasteiger partial charge in [0, 0.05) is 25.5 Å². The maximum atomic E-state index is 11.0. The largest absolute Gasteiger partial charge is 0.362 e. The van der Waals surface area contributed by atoms with Gasteiger partial charge in [-0.15, -0.1) is 0 Å². The molecule has 19 heavy (non-hydrogen) atoms. The fourth-order valence-electron chi connectivity index (χ4n) is 1.51. The number of nitro groups is 1. The third kappa shape index (κ3) is 2.93. The van der Waals surface area contributed by atoms with Gasteiger partial charge in [0.2, 0.25) is 11.6 Å². The van der Waals surface area contributed by atoms with Crippen molar-refractivity contribution in [3.05, 3.63) is 35.2 Å². The van der Waals surface area contributed by atoms with E-state index in [2.05, 4.69) is 25.7 Å². The fraction of sp³-hybridized carbons (Fsp3) is 0.222. The Hall–Kier alpha value is -2.75. The van der Waals surface area contributed by atoms with Crippen LogP contribution >= 0.6 is 0 Å². The molecule has 0 radical (unpaired) electrons. The molecule has 0 aliphatic carbocycles. The smallest absolute Gasteiger partial charge is 0.354 e. The molecular weight excluding hydrogens is 252 g/mol. The van der Waals surface area contributed by atoms with Crippen LogP contribution in [0, 0.1) is 10.1 Å². The molecule has 4 N–H and O–H groups in total. The first-order valence-corrected chi connectivity index (χ1v) is 5.38. The van der Waals surface area contributed by atoms with Crippen molar-refractivity contribution in [3.63, 3.8) is 0 Å². The van der Waals surface area contributed by atoms with Crippen LogP contribution in [0.4, 0.5) is 17.3 Å². The maximum absolute atomic E-state index is 11.0. The highest BCUT2D eigenvalue weighted by molar-refractivity contribution is 5.68. The summed E-state index contributed by atoms with van der Waals surface area (Å²) in [6.07, 6.45) is 6.30. The average molecular weight is 264 g/mol. The second kappa shape index (κ2) is 5.73. The van der Waals surface area contributed by atoms with Crippen molar-refractivity contribution in [1.29, 1.82) is 0 Å². The summed E-state index contributed by atoms with van der Waals surface area (Å²) in [5.41, 5.74) is 1.89. The molecule has 0 saturated heterocycles. The van der Waals surface area contributed by atoms with Crippen LogP contribution in [-0.2, 0) is 6.54 Å². The summed E-state index contributed by atoms with van der Waals surface area (Å²) >= 11 is 0. The normalized spacial score (nSPS) is 10.2. The van der Waals surface area contributed by atoms with E-state index < -0.39 is 4.92 Å². The van der Waals surface area contributed by atoms with Crippen LogP contribution < -0.4 is 16.6 Å².